The van der Waals surface area contributed by atoms with Crippen molar-refractivity contribution in [2.75, 3.05) is 0 Å². The van der Waals surface area contributed by atoms with Crippen molar-refractivity contribution >= 4 is 50.4 Å². The molecule has 1 unspecified atom stereocenters. The smallest absolute Gasteiger partial charge is 0.135 e. The second-order valence-corrected chi connectivity index (χ2v) is 13.9. The minimum absolute atomic E-state index is 0.267. The summed E-state index contributed by atoms with van der Waals surface area (Å²) in [5.41, 5.74) is 13.4. The van der Waals surface area contributed by atoms with E-state index < -0.39 is 0 Å². The summed E-state index contributed by atoms with van der Waals surface area (Å²) < 4.78 is 26.6. The molecule has 0 saturated heterocycles. The highest BCUT2D eigenvalue weighted by Crippen LogP contribution is 2.40. The molecule has 0 amide bonds. The molecule has 53 heavy (non-hydrogen) atoms. The molecule has 2 heterocycles. The van der Waals surface area contributed by atoms with E-state index in [0.29, 0.717) is 12.3 Å². The van der Waals surface area contributed by atoms with Crippen LogP contribution < -0.4 is 0 Å². The molecule has 0 bridgehead atoms. The zero-order valence-electron chi connectivity index (χ0n) is 29.8. The Morgan fingerprint density at radius 2 is 1.36 bits per heavy atom. The number of nitrogens with zero attached hydrogens (tertiary/aromatic N) is 1. The first-order valence-corrected chi connectivity index (χ1v) is 18.4. The van der Waals surface area contributed by atoms with E-state index in [1.807, 2.05) is 42.5 Å². The summed E-state index contributed by atoms with van der Waals surface area (Å²) in [6.07, 6.45) is 8.88. The van der Waals surface area contributed by atoms with Gasteiger partial charge in [-0.25, -0.2) is 4.39 Å². The molecule has 0 aliphatic heterocycles. The van der Waals surface area contributed by atoms with Gasteiger partial charge in [-0.1, -0.05) is 98.8 Å². The predicted octanol–water partition coefficient (Wildman–Crippen LogP) is 13.8. The van der Waals surface area contributed by atoms with Crippen LogP contribution in [-0.4, -0.2) is 5.71 Å². The van der Waals surface area contributed by atoms with Crippen molar-refractivity contribution in [1.29, 1.82) is 0 Å². The molecule has 6 aromatic carbocycles. The van der Waals surface area contributed by atoms with Crippen LogP contribution in [0.25, 0.3) is 66.9 Å². The van der Waals surface area contributed by atoms with Crippen molar-refractivity contribution in [2.24, 2.45) is 4.99 Å². The lowest BCUT2D eigenvalue weighted by Crippen LogP contribution is -2.00. The van der Waals surface area contributed by atoms with Crippen LogP contribution in [0.3, 0.4) is 0 Å². The van der Waals surface area contributed by atoms with Gasteiger partial charge in [0.2, 0.25) is 0 Å². The molecule has 0 N–H and O–H groups in total. The van der Waals surface area contributed by atoms with E-state index in [1.165, 1.54) is 23.1 Å². The summed E-state index contributed by atoms with van der Waals surface area (Å²) >= 11 is 0. The number of aliphatic imine (C=N–C) groups is 1. The molecule has 2 aromatic heterocycles. The van der Waals surface area contributed by atoms with Gasteiger partial charge in [0.1, 0.15) is 28.3 Å². The summed E-state index contributed by atoms with van der Waals surface area (Å²) in [6.45, 7) is 4.39. The number of halogens is 1. The molecule has 0 fully saturated rings. The van der Waals surface area contributed by atoms with Crippen LogP contribution >= 0.6 is 0 Å². The Bertz CT molecular complexity index is 2730. The zero-order chi connectivity index (χ0) is 35.9. The second-order valence-electron chi connectivity index (χ2n) is 13.9. The molecule has 4 heteroatoms. The van der Waals surface area contributed by atoms with Crippen LogP contribution in [0.15, 0.2) is 159 Å². The van der Waals surface area contributed by atoms with Crippen LogP contribution in [0.2, 0.25) is 0 Å². The monoisotopic (exact) mass is 691 g/mol. The maximum atomic E-state index is 14.1. The number of allylic oxidation sites excluding steroid dienone is 2. The largest absolute Gasteiger partial charge is 0.456 e. The van der Waals surface area contributed by atoms with Gasteiger partial charge in [0.25, 0.3) is 0 Å². The Morgan fingerprint density at radius 1 is 0.679 bits per heavy atom. The lowest BCUT2D eigenvalue weighted by atomic mass is 9.89. The SMILES string of the molecule is CCC(=N/C(=C\Cc1cc(-c2ccc3oc4c(c3c2)C(C)CC=C4)cc(-c2ccc3oc4ccccc4c3c2)c1)c1ccc(F)cc1)c1ccccc1. The topological polar surface area (TPSA) is 38.6 Å². The molecule has 1 atom stereocenters. The third kappa shape index (κ3) is 6.31. The van der Waals surface area contributed by atoms with Crippen molar-refractivity contribution in [3.8, 4) is 22.3 Å². The highest BCUT2D eigenvalue weighted by atomic mass is 19.1. The van der Waals surface area contributed by atoms with Gasteiger partial charge in [0.05, 0.1) is 5.70 Å². The number of rotatable bonds is 8. The van der Waals surface area contributed by atoms with E-state index in [1.54, 1.807) is 0 Å². The summed E-state index contributed by atoms with van der Waals surface area (Å²) in [7, 11) is 0. The molecule has 0 radical (unpaired) electrons. The summed E-state index contributed by atoms with van der Waals surface area (Å²) in [5, 5.41) is 3.38. The van der Waals surface area contributed by atoms with Crippen LogP contribution in [0.4, 0.5) is 4.39 Å². The van der Waals surface area contributed by atoms with E-state index in [2.05, 4.69) is 111 Å². The lowest BCUT2D eigenvalue weighted by molar-refractivity contribution is 0.586. The van der Waals surface area contributed by atoms with Crippen molar-refractivity contribution in [3.63, 3.8) is 0 Å². The van der Waals surface area contributed by atoms with Crippen LogP contribution in [0, 0.1) is 5.82 Å². The van der Waals surface area contributed by atoms with Crippen LogP contribution in [-0.2, 0) is 6.42 Å². The summed E-state index contributed by atoms with van der Waals surface area (Å²) in [6, 6.07) is 45.0. The van der Waals surface area contributed by atoms with Crippen molar-refractivity contribution < 1.29 is 13.2 Å². The van der Waals surface area contributed by atoms with Crippen LogP contribution in [0.1, 0.15) is 60.6 Å². The van der Waals surface area contributed by atoms with Crippen molar-refractivity contribution in [1.82, 2.24) is 0 Å². The second kappa shape index (κ2) is 13.7. The molecule has 258 valence electrons. The van der Waals surface area contributed by atoms with Gasteiger partial charge in [0, 0.05) is 27.4 Å². The molecule has 1 aliphatic carbocycles. The third-order valence-electron chi connectivity index (χ3n) is 10.4. The fraction of sp³-hybridized carbons (Fsp3) is 0.122. The number of hydrogen-bond acceptors (Lipinski definition) is 3. The average Bonchev–Trinajstić information content (AvgIpc) is 3.77. The molecule has 1 aliphatic rings. The normalized spacial score (nSPS) is 14.7. The van der Waals surface area contributed by atoms with E-state index in [0.717, 1.165) is 96.5 Å². The molecule has 9 rings (SSSR count). The van der Waals surface area contributed by atoms with Gasteiger partial charge in [-0.3, -0.25) is 4.99 Å². The fourth-order valence-electron chi connectivity index (χ4n) is 7.68. The first-order valence-electron chi connectivity index (χ1n) is 18.4. The van der Waals surface area contributed by atoms with Gasteiger partial charge < -0.3 is 8.83 Å². The van der Waals surface area contributed by atoms with Crippen molar-refractivity contribution in [2.45, 2.75) is 39.0 Å². The first-order chi connectivity index (χ1) is 26.0. The number of benzene rings is 6. The number of furan rings is 2. The molecular weight excluding hydrogens is 654 g/mol. The Morgan fingerprint density at radius 3 is 2.11 bits per heavy atom. The molecular formula is C49H38FNO2. The number of fused-ring (bicyclic) bond motifs is 6. The fourth-order valence-corrected chi connectivity index (χ4v) is 7.68. The number of hydrogen-bond donors (Lipinski definition) is 0. The summed E-state index contributed by atoms with van der Waals surface area (Å²) in [5.74, 6) is 1.09. The van der Waals surface area contributed by atoms with E-state index in [9.17, 15) is 4.39 Å². The van der Waals surface area contributed by atoms with Crippen LogP contribution in [0.5, 0.6) is 0 Å². The summed E-state index contributed by atoms with van der Waals surface area (Å²) in [4.78, 5) is 5.20. The van der Waals surface area contributed by atoms with Gasteiger partial charge in [-0.05, 0) is 131 Å². The Balaban J connectivity index is 1.19. The van der Waals surface area contributed by atoms with E-state index in [-0.39, 0.29) is 5.82 Å². The predicted molar refractivity (Wildman–Crippen MR) is 218 cm³/mol. The van der Waals surface area contributed by atoms with Gasteiger partial charge in [0.15, 0.2) is 0 Å². The third-order valence-corrected chi connectivity index (χ3v) is 10.4. The molecule has 8 aromatic rings. The van der Waals surface area contributed by atoms with E-state index in [4.69, 9.17) is 13.8 Å². The highest BCUT2D eigenvalue weighted by molar-refractivity contribution is 6.06. The maximum absolute atomic E-state index is 14.1. The van der Waals surface area contributed by atoms with E-state index >= 15 is 0 Å². The van der Waals surface area contributed by atoms with Gasteiger partial charge >= 0.3 is 0 Å². The minimum atomic E-state index is -0.267. The molecule has 0 saturated carbocycles. The van der Waals surface area contributed by atoms with Gasteiger partial charge in [-0.15, -0.1) is 0 Å². The quantitative estimate of drug-likeness (QED) is 0.149. The van der Waals surface area contributed by atoms with Crippen molar-refractivity contribution in [3.05, 3.63) is 179 Å². The Labute approximate surface area is 308 Å². The zero-order valence-corrected chi connectivity index (χ0v) is 29.8. The highest BCUT2D eigenvalue weighted by Gasteiger charge is 2.21. The maximum Gasteiger partial charge on any atom is 0.135 e. The Kier molecular flexibility index (Phi) is 8.44. The minimum Gasteiger partial charge on any atom is -0.456 e. The first kappa shape index (κ1) is 32.6. The lowest BCUT2D eigenvalue weighted by Gasteiger charge is -2.14. The number of para-hydroxylation sites is 1. The standard InChI is InChI=1S/C49H38FNO2/c1-3-43(33-11-5-4-6-12-33)51-44(34-17-21-39(50)22-18-34)23-16-32-26-37(35-19-24-46-41(29-35)40-13-7-8-14-45(40)52-46)28-38(27-32)36-20-25-47-42(30-36)49-31(2)10-9-15-48(49)53-47/h4-9,11-15,17-31H,3,10,16H2,1-2H3/b44-23-,51-43?. The van der Waals surface area contributed by atoms with Gasteiger partial charge in [-0.2, -0.15) is 0 Å². The average molecular weight is 692 g/mol. The molecule has 3 nitrogen and oxygen atoms in total. The Hall–Kier alpha value is -6.26. The molecule has 0 spiro atoms.